The molecule has 0 fully saturated rings. The lowest BCUT2D eigenvalue weighted by atomic mass is 10.0. The lowest BCUT2D eigenvalue weighted by Crippen LogP contribution is -2.27. The van der Waals surface area contributed by atoms with Crippen LogP contribution in [0.15, 0.2) is 0 Å². The van der Waals surface area contributed by atoms with Gasteiger partial charge < -0.3 is 11.1 Å². The molecular formula is C15H28N4O. The SMILES string of the molecule is Cc1nn(C)c(C(=O)NCCCCCCC(C)C)c1N. The summed E-state index contributed by atoms with van der Waals surface area (Å²) in [6.45, 7) is 7.01. The summed E-state index contributed by atoms with van der Waals surface area (Å²) in [5, 5.41) is 7.06. The predicted octanol–water partition coefficient (Wildman–Crippen LogP) is 2.65. The van der Waals surface area contributed by atoms with E-state index in [4.69, 9.17) is 5.73 Å². The van der Waals surface area contributed by atoms with Crippen LogP contribution >= 0.6 is 0 Å². The Hall–Kier alpha value is -1.52. The van der Waals surface area contributed by atoms with Gasteiger partial charge in [0.1, 0.15) is 5.69 Å². The predicted molar refractivity (Wildman–Crippen MR) is 82.6 cm³/mol. The van der Waals surface area contributed by atoms with Crippen LogP contribution in [0.4, 0.5) is 5.69 Å². The number of nitrogen functional groups attached to an aromatic ring is 1. The molecular weight excluding hydrogens is 252 g/mol. The second-order valence-electron chi connectivity index (χ2n) is 5.82. The van der Waals surface area contributed by atoms with E-state index < -0.39 is 0 Å². The molecule has 0 aliphatic rings. The number of hydrogen-bond donors (Lipinski definition) is 2. The van der Waals surface area contributed by atoms with E-state index in [2.05, 4.69) is 24.3 Å². The van der Waals surface area contributed by atoms with E-state index >= 15 is 0 Å². The molecule has 0 atom stereocenters. The summed E-state index contributed by atoms with van der Waals surface area (Å²) < 4.78 is 1.54. The molecule has 0 aliphatic heterocycles. The Labute approximate surface area is 121 Å². The van der Waals surface area contributed by atoms with Crippen LogP contribution in [0.2, 0.25) is 0 Å². The minimum absolute atomic E-state index is 0.132. The minimum Gasteiger partial charge on any atom is -0.395 e. The molecule has 0 aromatic carbocycles. The van der Waals surface area contributed by atoms with Gasteiger partial charge in [0.2, 0.25) is 0 Å². The van der Waals surface area contributed by atoms with Gasteiger partial charge in [0, 0.05) is 13.6 Å². The monoisotopic (exact) mass is 280 g/mol. The van der Waals surface area contributed by atoms with E-state index in [9.17, 15) is 4.79 Å². The van der Waals surface area contributed by atoms with Crippen molar-refractivity contribution in [2.75, 3.05) is 12.3 Å². The zero-order chi connectivity index (χ0) is 15.1. The Morgan fingerprint density at radius 1 is 1.30 bits per heavy atom. The highest BCUT2D eigenvalue weighted by Gasteiger charge is 2.16. The maximum Gasteiger partial charge on any atom is 0.271 e. The van der Waals surface area contributed by atoms with Gasteiger partial charge in [0.05, 0.1) is 11.4 Å². The molecule has 1 aromatic heterocycles. The Balaban J connectivity index is 2.24. The van der Waals surface area contributed by atoms with Crippen LogP contribution < -0.4 is 11.1 Å². The summed E-state index contributed by atoms with van der Waals surface area (Å²) in [4.78, 5) is 12.0. The highest BCUT2D eigenvalue weighted by Crippen LogP contribution is 2.15. The topological polar surface area (TPSA) is 72.9 Å². The first-order valence-corrected chi connectivity index (χ1v) is 7.50. The van der Waals surface area contributed by atoms with Crippen LogP contribution in [0.3, 0.4) is 0 Å². The van der Waals surface area contributed by atoms with Crippen molar-refractivity contribution >= 4 is 11.6 Å². The molecule has 0 saturated heterocycles. The number of carbonyl (C=O) groups is 1. The van der Waals surface area contributed by atoms with Crippen molar-refractivity contribution in [3.05, 3.63) is 11.4 Å². The number of nitrogens with zero attached hydrogens (tertiary/aromatic N) is 2. The third-order valence-corrected chi connectivity index (χ3v) is 3.48. The molecule has 5 nitrogen and oxygen atoms in total. The maximum atomic E-state index is 12.0. The number of aryl methyl sites for hydroxylation is 2. The van der Waals surface area contributed by atoms with Crippen molar-refractivity contribution in [2.45, 2.75) is 52.9 Å². The van der Waals surface area contributed by atoms with E-state index in [1.54, 1.807) is 18.7 Å². The maximum absolute atomic E-state index is 12.0. The largest absolute Gasteiger partial charge is 0.395 e. The fourth-order valence-corrected chi connectivity index (χ4v) is 2.26. The molecule has 0 aliphatic carbocycles. The van der Waals surface area contributed by atoms with Crippen molar-refractivity contribution in [3.8, 4) is 0 Å². The third-order valence-electron chi connectivity index (χ3n) is 3.48. The Bertz CT molecular complexity index is 437. The summed E-state index contributed by atoms with van der Waals surface area (Å²) in [5.41, 5.74) is 7.49. The van der Waals surface area contributed by atoms with Gasteiger partial charge in [-0.25, -0.2) is 0 Å². The molecule has 0 unspecified atom stereocenters. The average molecular weight is 280 g/mol. The number of anilines is 1. The number of nitrogens with one attached hydrogen (secondary N) is 1. The van der Waals surface area contributed by atoms with E-state index in [-0.39, 0.29) is 5.91 Å². The van der Waals surface area contributed by atoms with E-state index in [0.717, 1.165) is 18.8 Å². The quantitative estimate of drug-likeness (QED) is 0.719. The number of unbranched alkanes of at least 4 members (excludes halogenated alkanes) is 3. The molecule has 0 radical (unpaired) electrons. The summed E-state index contributed by atoms with van der Waals surface area (Å²) in [5.74, 6) is 0.651. The summed E-state index contributed by atoms with van der Waals surface area (Å²) in [6, 6.07) is 0. The van der Waals surface area contributed by atoms with E-state index in [1.807, 2.05) is 0 Å². The molecule has 114 valence electrons. The number of carbonyl (C=O) groups excluding carboxylic acids is 1. The van der Waals surface area contributed by atoms with Gasteiger partial charge in [0.25, 0.3) is 5.91 Å². The highest BCUT2D eigenvalue weighted by molar-refractivity contribution is 5.97. The zero-order valence-electron chi connectivity index (χ0n) is 13.2. The van der Waals surface area contributed by atoms with Gasteiger partial charge in [-0.2, -0.15) is 5.10 Å². The first kappa shape index (κ1) is 16.5. The smallest absolute Gasteiger partial charge is 0.271 e. The first-order chi connectivity index (χ1) is 9.43. The number of nitrogens with two attached hydrogens (primary N) is 1. The minimum atomic E-state index is -0.132. The number of amides is 1. The summed E-state index contributed by atoms with van der Waals surface area (Å²) in [7, 11) is 1.74. The van der Waals surface area contributed by atoms with Crippen LogP contribution in [0.5, 0.6) is 0 Å². The van der Waals surface area contributed by atoms with Gasteiger partial charge in [0.15, 0.2) is 0 Å². The van der Waals surface area contributed by atoms with Gasteiger partial charge in [-0.05, 0) is 19.3 Å². The van der Waals surface area contributed by atoms with Crippen LogP contribution in [-0.2, 0) is 7.05 Å². The summed E-state index contributed by atoms with van der Waals surface area (Å²) >= 11 is 0. The van der Waals surface area contributed by atoms with Crippen molar-refractivity contribution in [1.29, 1.82) is 0 Å². The van der Waals surface area contributed by atoms with Crippen LogP contribution in [0.25, 0.3) is 0 Å². The van der Waals surface area contributed by atoms with Crippen LogP contribution in [-0.4, -0.2) is 22.2 Å². The molecule has 20 heavy (non-hydrogen) atoms. The van der Waals surface area contributed by atoms with Gasteiger partial charge in [-0.1, -0.05) is 39.5 Å². The second kappa shape index (κ2) is 7.92. The van der Waals surface area contributed by atoms with Gasteiger partial charge in [-0.3, -0.25) is 9.48 Å². The Morgan fingerprint density at radius 2 is 1.95 bits per heavy atom. The standard InChI is InChI=1S/C15H28N4O/c1-11(2)9-7-5-6-8-10-17-15(20)14-13(16)12(3)18-19(14)4/h11H,5-10,16H2,1-4H3,(H,17,20). The van der Waals surface area contributed by atoms with E-state index in [1.165, 1.54) is 19.3 Å². The molecule has 1 rings (SSSR count). The third kappa shape index (κ3) is 4.87. The average Bonchev–Trinajstić information content (AvgIpc) is 2.61. The molecule has 1 aromatic rings. The molecule has 1 amide bonds. The van der Waals surface area contributed by atoms with Crippen molar-refractivity contribution in [3.63, 3.8) is 0 Å². The lowest BCUT2D eigenvalue weighted by Gasteiger charge is -2.07. The number of rotatable bonds is 8. The number of aromatic nitrogens is 2. The number of hydrogen-bond acceptors (Lipinski definition) is 3. The Kier molecular flexibility index (Phi) is 6.55. The zero-order valence-corrected chi connectivity index (χ0v) is 13.2. The fourth-order valence-electron chi connectivity index (χ4n) is 2.26. The molecule has 3 N–H and O–H groups in total. The second-order valence-corrected chi connectivity index (χ2v) is 5.82. The normalized spacial score (nSPS) is 11.1. The van der Waals surface area contributed by atoms with Crippen molar-refractivity contribution in [2.24, 2.45) is 13.0 Å². The lowest BCUT2D eigenvalue weighted by molar-refractivity contribution is 0.0944. The Morgan fingerprint density at radius 3 is 2.50 bits per heavy atom. The van der Waals surface area contributed by atoms with E-state index in [0.29, 0.717) is 23.6 Å². The van der Waals surface area contributed by atoms with Crippen LogP contribution in [0.1, 0.15) is 62.1 Å². The van der Waals surface area contributed by atoms with Crippen molar-refractivity contribution in [1.82, 2.24) is 15.1 Å². The molecule has 0 bridgehead atoms. The molecule has 5 heteroatoms. The molecule has 1 heterocycles. The highest BCUT2D eigenvalue weighted by atomic mass is 16.2. The molecule has 0 spiro atoms. The van der Waals surface area contributed by atoms with Gasteiger partial charge >= 0.3 is 0 Å². The van der Waals surface area contributed by atoms with Gasteiger partial charge in [-0.15, -0.1) is 0 Å². The fraction of sp³-hybridized carbons (Fsp3) is 0.733. The summed E-state index contributed by atoms with van der Waals surface area (Å²) in [6.07, 6.45) is 5.98. The first-order valence-electron chi connectivity index (χ1n) is 7.50. The van der Waals surface area contributed by atoms with Crippen molar-refractivity contribution < 1.29 is 4.79 Å². The van der Waals surface area contributed by atoms with Crippen LogP contribution in [0, 0.1) is 12.8 Å². The molecule has 0 saturated carbocycles.